The molecule has 2 nitrogen and oxygen atoms in total. The first-order valence-electron chi connectivity index (χ1n) is 15.1. The minimum Gasteiger partial charge on any atom is -0.507 e. The van der Waals surface area contributed by atoms with Gasteiger partial charge in [-0.3, -0.25) is 0 Å². The predicted molar refractivity (Wildman–Crippen MR) is 156 cm³/mol. The van der Waals surface area contributed by atoms with Crippen LogP contribution in [0.15, 0.2) is 24.3 Å². The summed E-state index contributed by atoms with van der Waals surface area (Å²) in [6.45, 7) is 8.77. The zero-order valence-corrected chi connectivity index (χ0v) is 23.9. The quantitative estimate of drug-likeness (QED) is 0.191. The fraction of sp³-hybridized carbons (Fsp3) is 0.647. The Kier molecular flexibility index (Phi) is 14.7. The molecule has 0 unspecified atom stereocenters. The summed E-state index contributed by atoms with van der Waals surface area (Å²) in [5.74, 6) is 0.948. The van der Waals surface area contributed by atoms with Crippen LogP contribution in [0.3, 0.4) is 0 Å². The molecule has 0 aliphatic carbocycles. The van der Waals surface area contributed by atoms with E-state index in [1.165, 1.54) is 88.2 Å². The number of aryl methyl sites for hydroxylation is 6. The summed E-state index contributed by atoms with van der Waals surface area (Å²) in [5.41, 5.74) is 6.64. The van der Waals surface area contributed by atoms with E-state index in [2.05, 4.69) is 52.0 Å². The number of hydrogen-bond acceptors (Lipinski definition) is 2. The van der Waals surface area contributed by atoms with Gasteiger partial charge in [0.05, 0.1) is 0 Å². The maximum atomic E-state index is 11.0. The van der Waals surface area contributed by atoms with Crippen LogP contribution in [0.4, 0.5) is 0 Å². The molecular formula is C34H54O2. The third-order valence-corrected chi connectivity index (χ3v) is 7.59. The topological polar surface area (TPSA) is 40.5 Å². The second-order valence-electron chi connectivity index (χ2n) is 11.1. The average molecular weight is 495 g/mol. The van der Waals surface area contributed by atoms with Crippen molar-refractivity contribution in [3.63, 3.8) is 0 Å². The van der Waals surface area contributed by atoms with Gasteiger partial charge >= 0.3 is 0 Å². The molecule has 2 aromatic rings. The molecule has 2 N–H and O–H groups in total. The van der Waals surface area contributed by atoms with Crippen molar-refractivity contribution in [2.24, 2.45) is 0 Å². The van der Waals surface area contributed by atoms with E-state index >= 15 is 0 Å². The van der Waals surface area contributed by atoms with Gasteiger partial charge in [-0.25, -0.2) is 0 Å². The van der Waals surface area contributed by atoms with Gasteiger partial charge < -0.3 is 10.2 Å². The highest BCUT2D eigenvalue weighted by Crippen LogP contribution is 2.31. The Labute approximate surface area is 222 Å². The Morgan fingerprint density at radius 1 is 0.417 bits per heavy atom. The van der Waals surface area contributed by atoms with E-state index in [9.17, 15) is 10.2 Å². The van der Waals surface area contributed by atoms with Crippen LogP contribution in [0.2, 0.25) is 0 Å². The molecule has 202 valence electrons. The van der Waals surface area contributed by atoms with Crippen molar-refractivity contribution >= 4 is 0 Å². The van der Waals surface area contributed by atoms with Gasteiger partial charge in [-0.2, -0.15) is 0 Å². The normalized spacial score (nSPS) is 11.3. The first-order chi connectivity index (χ1) is 17.5. The van der Waals surface area contributed by atoms with E-state index in [4.69, 9.17) is 0 Å². The molecule has 0 fully saturated rings. The van der Waals surface area contributed by atoms with Crippen LogP contribution in [0, 0.1) is 13.8 Å². The largest absolute Gasteiger partial charge is 0.507 e. The summed E-state index contributed by atoms with van der Waals surface area (Å²) < 4.78 is 0. The first-order valence-corrected chi connectivity index (χ1v) is 15.1. The molecule has 0 saturated heterocycles. The fourth-order valence-corrected chi connectivity index (χ4v) is 5.45. The summed E-state index contributed by atoms with van der Waals surface area (Å²) in [6, 6.07) is 8.55. The van der Waals surface area contributed by atoms with Crippen molar-refractivity contribution in [2.75, 3.05) is 0 Å². The molecule has 0 bridgehead atoms. The SMILES string of the molecule is CCCCCCCCCc1cc(C)cc(CCc2cc(C)cc(CCCCCCCCC)c2O)c1O. The van der Waals surface area contributed by atoms with Crippen LogP contribution in [-0.2, 0) is 25.7 Å². The number of aromatic hydroxyl groups is 2. The number of hydrogen-bond donors (Lipinski definition) is 2. The zero-order chi connectivity index (χ0) is 26.2. The van der Waals surface area contributed by atoms with Crippen LogP contribution in [0.5, 0.6) is 11.5 Å². The van der Waals surface area contributed by atoms with Gasteiger partial charge in [0.15, 0.2) is 0 Å². The van der Waals surface area contributed by atoms with Gasteiger partial charge in [0, 0.05) is 0 Å². The van der Waals surface area contributed by atoms with Gasteiger partial charge in [-0.05, 0) is 74.6 Å². The summed E-state index contributed by atoms with van der Waals surface area (Å²) in [4.78, 5) is 0. The molecule has 0 atom stereocenters. The smallest absolute Gasteiger partial charge is 0.121 e. The molecule has 0 aromatic heterocycles. The molecule has 0 aliphatic rings. The third kappa shape index (κ3) is 11.0. The molecule has 0 spiro atoms. The Morgan fingerprint density at radius 3 is 1.03 bits per heavy atom. The van der Waals surface area contributed by atoms with Crippen molar-refractivity contribution in [3.05, 3.63) is 57.6 Å². The molecule has 0 saturated carbocycles. The molecule has 0 aliphatic heterocycles. The number of unbranched alkanes of at least 4 members (excludes halogenated alkanes) is 12. The molecule has 2 heteroatoms. The molecule has 0 heterocycles. The fourth-order valence-electron chi connectivity index (χ4n) is 5.45. The Morgan fingerprint density at radius 2 is 0.694 bits per heavy atom. The van der Waals surface area contributed by atoms with Crippen LogP contribution >= 0.6 is 0 Å². The van der Waals surface area contributed by atoms with E-state index in [0.29, 0.717) is 11.5 Å². The van der Waals surface area contributed by atoms with Crippen LogP contribution in [0.1, 0.15) is 137 Å². The molecule has 0 radical (unpaired) electrons. The van der Waals surface area contributed by atoms with Gasteiger partial charge in [0.25, 0.3) is 0 Å². The highest BCUT2D eigenvalue weighted by molar-refractivity contribution is 5.47. The molecule has 0 amide bonds. The lowest BCUT2D eigenvalue weighted by Crippen LogP contribution is -1.99. The number of phenols is 2. The maximum Gasteiger partial charge on any atom is 0.121 e. The van der Waals surface area contributed by atoms with Gasteiger partial charge in [-0.15, -0.1) is 0 Å². The van der Waals surface area contributed by atoms with Gasteiger partial charge in [0.1, 0.15) is 11.5 Å². The Balaban J connectivity index is 1.92. The van der Waals surface area contributed by atoms with Crippen molar-refractivity contribution < 1.29 is 10.2 Å². The summed E-state index contributed by atoms with van der Waals surface area (Å²) >= 11 is 0. The van der Waals surface area contributed by atoms with E-state index in [-0.39, 0.29) is 0 Å². The monoisotopic (exact) mass is 494 g/mol. The third-order valence-electron chi connectivity index (χ3n) is 7.59. The number of phenolic OH excluding ortho intramolecular Hbond substituents is 2. The number of benzene rings is 2. The van der Waals surface area contributed by atoms with Crippen molar-refractivity contribution in [3.8, 4) is 11.5 Å². The van der Waals surface area contributed by atoms with Crippen molar-refractivity contribution in [1.82, 2.24) is 0 Å². The molecule has 2 aromatic carbocycles. The maximum absolute atomic E-state index is 11.0. The lowest BCUT2D eigenvalue weighted by molar-refractivity contribution is 0.453. The molecular weight excluding hydrogens is 440 g/mol. The number of rotatable bonds is 19. The molecule has 2 rings (SSSR count). The van der Waals surface area contributed by atoms with E-state index in [1.54, 1.807) is 0 Å². The highest BCUT2D eigenvalue weighted by atomic mass is 16.3. The van der Waals surface area contributed by atoms with E-state index < -0.39 is 0 Å². The predicted octanol–water partition coefficient (Wildman–Crippen LogP) is 10.1. The van der Waals surface area contributed by atoms with Gasteiger partial charge in [-0.1, -0.05) is 126 Å². The summed E-state index contributed by atoms with van der Waals surface area (Å²) in [5, 5.41) is 22.0. The molecule has 36 heavy (non-hydrogen) atoms. The van der Waals surface area contributed by atoms with Crippen molar-refractivity contribution in [1.29, 1.82) is 0 Å². The average Bonchev–Trinajstić information content (AvgIpc) is 2.85. The Bertz CT molecular complexity index is 810. The lowest BCUT2D eigenvalue weighted by atomic mass is 9.93. The Hall–Kier alpha value is -1.96. The second-order valence-corrected chi connectivity index (χ2v) is 11.1. The van der Waals surface area contributed by atoms with E-state index in [0.717, 1.165) is 60.8 Å². The van der Waals surface area contributed by atoms with Crippen LogP contribution < -0.4 is 0 Å². The first kappa shape index (κ1) is 30.3. The second kappa shape index (κ2) is 17.5. The zero-order valence-electron chi connectivity index (χ0n) is 23.9. The van der Waals surface area contributed by atoms with Crippen molar-refractivity contribution in [2.45, 2.75) is 143 Å². The summed E-state index contributed by atoms with van der Waals surface area (Å²) in [7, 11) is 0. The van der Waals surface area contributed by atoms with Crippen LogP contribution in [0.25, 0.3) is 0 Å². The van der Waals surface area contributed by atoms with Gasteiger partial charge in [0.2, 0.25) is 0 Å². The lowest BCUT2D eigenvalue weighted by Gasteiger charge is -2.14. The highest BCUT2D eigenvalue weighted by Gasteiger charge is 2.13. The standard InChI is InChI=1S/C34H54O2/c1-5-7-9-11-13-15-17-19-29-23-27(3)25-31(33(29)35)21-22-32-26-28(4)24-30(34(32)36)20-18-16-14-12-10-8-6-2/h23-26,35-36H,5-22H2,1-4H3. The van der Waals surface area contributed by atoms with Crippen LogP contribution in [-0.4, -0.2) is 10.2 Å². The minimum atomic E-state index is 0.474. The minimum absolute atomic E-state index is 0.474. The summed E-state index contributed by atoms with van der Waals surface area (Å²) in [6.07, 6.45) is 21.4. The van der Waals surface area contributed by atoms with E-state index in [1.807, 2.05) is 0 Å².